The molecule has 1 fully saturated rings. The summed E-state index contributed by atoms with van der Waals surface area (Å²) < 4.78 is 1.62. The highest BCUT2D eigenvalue weighted by Gasteiger charge is 2.34. The van der Waals surface area contributed by atoms with Gasteiger partial charge in [-0.05, 0) is 12.3 Å². The zero-order valence-corrected chi connectivity index (χ0v) is 13.9. The molecule has 0 aromatic carbocycles. The summed E-state index contributed by atoms with van der Waals surface area (Å²) in [7, 11) is 0. The van der Waals surface area contributed by atoms with Gasteiger partial charge in [0, 0.05) is 18.7 Å². The molecule has 0 unspecified atom stereocenters. The average molecular weight is 325 g/mol. The molecule has 1 aromatic rings. The van der Waals surface area contributed by atoms with E-state index in [4.69, 9.17) is 0 Å². The number of amides is 2. The lowest BCUT2D eigenvalue weighted by atomic mass is 10.1. The van der Waals surface area contributed by atoms with Crippen molar-refractivity contribution in [1.29, 1.82) is 0 Å². The van der Waals surface area contributed by atoms with Crippen LogP contribution in [0.3, 0.4) is 0 Å². The first-order valence-corrected chi connectivity index (χ1v) is 8.70. The first-order valence-electron chi connectivity index (χ1n) is 7.55. The van der Waals surface area contributed by atoms with Gasteiger partial charge in [-0.3, -0.25) is 14.3 Å². The highest BCUT2D eigenvalue weighted by atomic mass is 32.2. The van der Waals surface area contributed by atoms with Gasteiger partial charge in [-0.1, -0.05) is 13.8 Å². The predicted molar refractivity (Wildman–Crippen MR) is 85.1 cm³/mol. The van der Waals surface area contributed by atoms with E-state index in [2.05, 4.69) is 29.2 Å². The number of carbonyl (C=O) groups is 2. The Kier molecular flexibility index (Phi) is 6.23. The van der Waals surface area contributed by atoms with Crippen LogP contribution in [0.5, 0.6) is 0 Å². The standard InChI is InChI=1S/C14H23N5O2S/c1-11(2)3-5-16-14(21)12-7-22-10-19(12)13(20)4-6-18-9-15-8-17-18/h8-9,11-12H,3-7,10H2,1-2H3,(H,16,21)/t12-/m0/s1. The van der Waals surface area contributed by atoms with E-state index < -0.39 is 0 Å². The van der Waals surface area contributed by atoms with Gasteiger partial charge in [0.15, 0.2) is 0 Å². The number of nitrogens with one attached hydrogen (secondary N) is 1. The van der Waals surface area contributed by atoms with Gasteiger partial charge in [0.05, 0.1) is 12.4 Å². The van der Waals surface area contributed by atoms with Gasteiger partial charge < -0.3 is 10.2 Å². The van der Waals surface area contributed by atoms with Crippen LogP contribution in [0.15, 0.2) is 12.7 Å². The number of rotatable bonds is 7. The van der Waals surface area contributed by atoms with Crippen molar-refractivity contribution in [1.82, 2.24) is 25.0 Å². The fourth-order valence-electron chi connectivity index (χ4n) is 2.21. The third kappa shape index (κ3) is 4.72. The molecule has 1 aromatic heterocycles. The highest BCUT2D eigenvalue weighted by Crippen LogP contribution is 2.22. The molecule has 7 nitrogen and oxygen atoms in total. The minimum absolute atomic E-state index is 0.00971. The van der Waals surface area contributed by atoms with Crippen LogP contribution in [0.2, 0.25) is 0 Å². The van der Waals surface area contributed by atoms with Crippen molar-refractivity contribution in [2.75, 3.05) is 18.2 Å². The second kappa shape index (κ2) is 8.17. The Morgan fingerprint density at radius 3 is 2.95 bits per heavy atom. The number of nitrogens with zero attached hydrogens (tertiary/aromatic N) is 4. The molecule has 2 heterocycles. The summed E-state index contributed by atoms with van der Waals surface area (Å²) in [6, 6.07) is -0.347. The van der Waals surface area contributed by atoms with E-state index >= 15 is 0 Å². The molecule has 1 N–H and O–H groups in total. The van der Waals surface area contributed by atoms with Gasteiger partial charge in [0.2, 0.25) is 11.8 Å². The molecule has 1 saturated heterocycles. The smallest absolute Gasteiger partial charge is 0.243 e. The molecule has 8 heteroatoms. The summed E-state index contributed by atoms with van der Waals surface area (Å²) in [5, 5.41) is 6.91. The summed E-state index contributed by atoms with van der Waals surface area (Å²) >= 11 is 1.62. The molecule has 2 rings (SSSR count). The minimum Gasteiger partial charge on any atom is -0.354 e. The monoisotopic (exact) mass is 325 g/mol. The molecule has 0 spiro atoms. The Morgan fingerprint density at radius 1 is 1.45 bits per heavy atom. The maximum atomic E-state index is 12.3. The average Bonchev–Trinajstić information content (AvgIpc) is 3.15. The zero-order valence-electron chi connectivity index (χ0n) is 13.1. The van der Waals surface area contributed by atoms with Gasteiger partial charge in [-0.25, -0.2) is 4.98 Å². The number of hydrogen-bond acceptors (Lipinski definition) is 5. The molecule has 22 heavy (non-hydrogen) atoms. The van der Waals surface area contributed by atoms with Crippen molar-refractivity contribution in [3.05, 3.63) is 12.7 Å². The molecule has 1 aliphatic heterocycles. The van der Waals surface area contributed by atoms with E-state index in [9.17, 15) is 9.59 Å². The van der Waals surface area contributed by atoms with Crippen molar-refractivity contribution >= 4 is 23.6 Å². The molecule has 122 valence electrons. The normalized spacial score (nSPS) is 18.0. The van der Waals surface area contributed by atoms with E-state index in [1.54, 1.807) is 27.7 Å². The molecule has 0 radical (unpaired) electrons. The molecule has 0 aliphatic carbocycles. The quantitative estimate of drug-likeness (QED) is 0.799. The molecule has 2 amide bonds. The van der Waals surface area contributed by atoms with Crippen LogP contribution >= 0.6 is 11.8 Å². The molecule has 0 saturated carbocycles. The molecule has 1 atom stereocenters. The molecular weight excluding hydrogens is 302 g/mol. The van der Waals surface area contributed by atoms with Crippen LogP contribution in [0.4, 0.5) is 0 Å². The van der Waals surface area contributed by atoms with Crippen molar-refractivity contribution in [2.45, 2.75) is 39.3 Å². The lowest BCUT2D eigenvalue weighted by Gasteiger charge is -2.23. The lowest BCUT2D eigenvalue weighted by molar-refractivity contribution is -0.138. The molecule has 1 aliphatic rings. The van der Waals surface area contributed by atoms with Crippen LogP contribution < -0.4 is 5.32 Å². The van der Waals surface area contributed by atoms with Crippen LogP contribution in [0.25, 0.3) is 0 Å². The van der Waals surface area contributed by atoms with Gasteiger partial charge >= 0.3 is 0 Å². The van der Waals surface area contributed by atoms with Crippen molar-refractivity contribution in [2.24, 2.45) is 5.92 Å². The first-order chi connectivity index (χ1) is 10.6. The maximum absolute atomic E-state index is 12.3. The number of thioether (sulfide) groups is 1. The summed E-state index contributed by atoms with van der Waals surface area (Å²) in [4.78, 5) is 30.1. The summed E-state index contributed by atoms with van der Waals surface area (Å²) in [5.41, 5.74) is 0. The molecule has 0 bridgehead atoms. The summed E-state index contributed by atoms with van der Waals surface area (Å²) in [6.07, 6.45) is 4.31. The second-order valence-electron chi connectivity index (χ2n) is 5.76. The van der Waals surface area contributed by atoms with E-state index in [0.29, 0.717) is 37.1 Å². The fraction of sp³-hybridized carbons (Fsp3) is 0.714. The van der Waals surface area contributed by atoms with Crippen molar-refractivity contribution in [3.8, 4) is 0 Å². The van der Waals surface area contributed by atoms with Crippen molar-refractivity contribution in [3.63, 3.8) is 0 Å². The summed E-state index contributed by atoms with van der Waals surface area (Å²) in [5.74, 6) is 1.75. The van der Waals surface area contributed by atoms with E-state index in [-0.39, 0.29) is 17.9 Å². The topological polar surface area (TPSA) is 80.1 Å². The Balaban J connectivity index is 1.81. The first kappa shape index (κ1) is 16.8. The Morgan fingerprint density at radius 2 is 2.27 bits per heavy atom. The van der Waals surface area contributed by atoms with E-state index in [1.807, 2.05) is 0 Å². The zero-order chi connectivity index (χ0) is 15.9. The Labute approximate surface area is 134 Å². The van der Waals surface area contributed by atoms with Gasteiger partial charge in [0.1, 0.15) is 18.7 Å². The van der Waals surface area contributed by atoms with E-state index in [0.717, 1.165) is 6.42 Å². The van der Waals surface area contributed by atoms with Crippen LogP contribution in [0.1, 0.15) is 26.7 Å². The third-order valence-corrected chi connectivity index (χ3v) is 4.56. The Bertz CT molecular complexity index is 491. The third-order valence-electron chi connectivity index (χ3n) is 3.55. The highest BCUT2D eigenvalue weighted by molar-refractivity contribution is 7.99. The fourth-order valence-corrected chi connectivity index (χ4v) is 3.39. The minimum atomic E-state index is -0.347. The molecular formula is C14H23N5O2S. The van der Waals surface area contributed by atoms with Crippen LogP contribution in [-0.4, -0.2) is 55.7 Å². The number of aryl methyl sites for hydroxylation is 1. The van der Waals surface area contributed by atoms with Crippen LogP contribution in [-0.2, 0) is 16.1 Å². The number of aromatic nitrogens is 3. The van der Waals surface area contributed by atoms with E-state index in [1.165, 1.54) is 6.33 Å². The van der Waals surface area contributed by atoms with Gasteiger partial charge in [-0.15, -0.1) is 11.8 Å². The largest absolute Gasteiger partial charge is 0.354 e. The SMILES string of the molecule is CC(C)CCNC(=O)[C@@H]1CSCN1C(=O)CCn1cncn1. The van der Waals surface area contributed by atoms with Crippen LogP contribution in [0, 0.1) is 5.92 Å². The second-order valence-corrected chi connectivity index (χ2v) is 6.76. The van der Waals surface area contributed by atoms with Crippen molar-refractivity contribution < 1.29 is 9.59 Å². The van der Waals surface area contributed by atoms with Gasteiger partial charge in [0.25, 0.3) is 0 Å². The summed E-state index contributed by atoms with van der Waals surface area (Å²) in [6.45, 7) is 5.40. The van der Waals surface area contributed by atoms with Gasteiger partial charge in [-0.2, -0.15) is 5.10 Å². The lowest BCUT2D eigenvalue weighted by Crippen LogP contribution is -2.47. The maximum Gasteiger partial charge on any atom is 0.243 e. The predicted octanol–water partition coefficient (Wildman–Crippen LogP) is 0.732. The number of carbonyl (C=O) groups excluding carboxylic acids is 2. The Hall–Kier alpha value is -1.57. The number of hydrogen-bond donors (Lipinski definition) is 1.